The molecule has 0 aromatic heterocycles. The molecule has 0 aliphatic carbocycles. The van der Waals surface area contributed by atoms with Crippen LogP contribution in [0.3, 0.4) is 0 Å². The van der Waals surface area contributed by atoms with Gasteiger partial charge >= 0.3 is 0 Å². The number of hydrogen-bond donors (Lipinski definition) is 0. The topological polar surface area (TPSA) is 0 Å². The zero-order valence-electron chi connectivity index (χ0n) is 9.38. The number of hydrogen-bond acceptors (Lipinski definition) is 0. The molecule has 0 amide bonds. The molecule has 0 aliphatic rings. The van der Waals surface area contributed by atoms with Gasteiger partial charge < -0.3 is 0 Å². The molecule has 0 saturated carbocycles. The zero-order chi connectivity index (χ0) is 10.9. The molecule has 82 valence electrons. The van der Waals surface area contributed by atoms with Crippen molar-refractivity contribution in [3.63, 3.8) is 0 Å². The van der Waals surface area contributed by atoms with Crippen LogP contribution in [0.5, 0.6) is 0 Å². The van der Waals surface area contributed by atoms with Gasteiger partial charge in [-0.25, -0.2) is 0 Å². The van der Waals surface area contributed by atoms with E-state index in [0.29, 0.717) is 0 Å². The van der Waals surface area contributed by atoms with Crippen LogP contribution in [0.15, 0.2) is 30.3 Å². The molecule has 0 nitrogen and oxygen atoms in total. The van der Waals surface area contributed by atoms with Crippen molar-refractivity contribution in [1.29, 1.82) is 0 Å². The Kier molecular flexibility index (Phi) is 6.42. The second-order valence-electron chi connectivity index (χ2n) is 3.73. The van der Waals surface area contributed by atoms with E-state index in [1.807, 2.05) is 0 Å². The molecule has 0 spiro atoms. The van der Waals surface area contributed by atoms with Crippen molar-refractivity contribution in [1.82, 2.24) is 0 Å². The first-order valence-electron chi connectivity index (χ1n) is 5.68. The molecule has 15 heavy (non-hydrogen) atoms. The summed E-state index contributed by atoms with van der Waals surface area (Å²) in [5.74, 6) is 0. The summed E-state index contributed by atoms with van der Waals surface area (Å²) in [7, 11) is 0. The molecular formula is C14H19Br. The van der Waals surface area contributed by atoms with Gasteiger partial charge in [0.05, 0.1) is 0 Å². The summed E-state index contributed by atoms with van der Waals surface area (Å²) in [4.78, 5) is 0. The minimum atomic E-state index is 1.04. The summed E-state index contributed by atoms with van der Waals surface area (Å²) in [5.41, 5.74) is 2.76. The van der Waals surface area contributed by atoms with Gasteiger partial charge in [0.2, 0.25) is 0 Å². The lowest BCUT2D eigenvalue weighted by Crippen LogP contribution is -1.84. The van der Waals surface area contributed by atoms with Gasteiger partial charge in [0.25, 0.3) is 0 Å². The van der Waals surface area contributed by atoms with E-state index < -0.39 is 0 Å². The van der Waals surface area contributed by atoms with E-state index in [9.17, 15) is 0 Å². The van der Waals surface area contributed by atoms with Crippen LogP contribution in [0.4, 0.5) is 0 Å². The maximum Gasteiger partial charge on any atom is 0.00660 e. The fraction of sp³-hybridized carbons (Fsp3) is 0.429. The molecule has 1 aromatic rings. The predicted octanol–water partition coefficient (Wildman–Crippen LogP) is 4.83. The predicted molar refractivity (Wildman–Crippen MR) is 72.5 cm³/mol. The Labute approximate surface area is 102 Å². The van der Waals surface area contributed by atoms with Crippen LogP contribution in [-0.2, 0) is 6.42 Å². The van der Waals surface area contributed by atoms with Crippen LogP contribution < -0.4 is 0 Å². The Bertz CT molecular complexity index is 285. The van der Waals surface area contributed by atoms with Gasteiger partial charge in [-0.1, -0.05) is 65.7 Å². The monoisotopic (exact) mass is 266 g/mol. The summed E-state index contributed by atoms with van der Waals surface area (Å²) in [6.45, 7) is 2.23. The fourth-order valence-corrected chi connectivity index (χ4v) is 1.72. The van der Waals surface area contributed by atoms with Crippen LogP contribution in [0, 0.1) is 0 Å². The minimum absolute atomic E-state index is 1.04. The van der Waals surface area contributed by atoms with Crippen molar-refractivity contribution < 1.29 is 0 Å². The third kappa shape index (κ3) is 5.17. The van der Waals surface area contributed by atoms with Gasteiger partial charge in [0, 0.05) is 5.33 Å². The molecule has 0 unspecified atom stereocenters. The van der Waals surface area contributed by atoms with Crippen molar-refractivity contribution in [2.75, 3.05) is 5.33 Å². The van der Waals surface area contributed by atoms with Crippen LogP contribution in [0.2, 0.25) is 0 Å². The fourth-order valence-electron chi connectivity index (χ4n) is 1.46. The highest BCUT2D eigenvalue weighted by Gasteiger charge is 1.91. The standard InChI is InChI=1S/C14H19Br/c1-2-3-6-13-8-10-14(11-9-13)7-4-5-12-15/h4,7-11H,2-3,5-6,12H2,1H3/b7-4+. The highest BCUT2D eigenvalue weighted by atomic mass is 79.9. The van der Waals surface area contributed by atoms with Crippen LogP contribution in [0.1, 0.15) is 37.3 Å². The van der Waals surface area contributed by atoms with Gasteiger partial charge in [-0.05, 0) is 30.4 Å². The molecule has 0 bridgehead atoms. The maximum absolute atomic E-state index is 3.41. The molecule has 0 N–H and O–H groups in total. The van der Waals surface area contributed by atoms with Gasteiger partial charge in [-0.15, -0.1) is 0 Å². The molecule has 1 heteroatoms. The van der Waals surface area contributed by atoms with Gasteiger partial charge in [-0.2, -0.15) is 0 Å². The number of benzene rings is 1. The second-order valence-corrected chi connectivity index (χ2v) is 4.52. The lowest BCUT2D eigenvalue weighted by Gasteiger charge is -2.00. The van der Waals surface area contributed by atoms with E-state index in [2.05, 4.69) is 59.3 Å². The van der Waals surface area contributed by atoms with E-state index in [4.69, 9.17) is 0 Å². The van der Waals surface area contributed by atoms with Gasteiger partial charge in [0.15, 0.2) is 0 Å². The molecular weight excluding hydrogens is 248 g/mol. The quantitative estimate of drug-likeness (QED) is 0.648. The second kappa shape index (κ2) is 7.70. The highest BCUT2D eigenvalue weighted by Crippen LogP contribution is 2.09. The summed E-state index contributed by atoms with van der Waals surface area (Å²) in [6, 6.07) is 8.89. The smallest absolute Gasteiger partial charge is 0.00660 e. The van der Waals surface area contributed by atoms with E-state index in [-0.39, 0.29) is 0 Å². The Morgan fingerprint density at radius 2 is 1.93 bits per heavy atom. The van der Waals surface area contributed by atoms with E-state index in [1.54, 1.807) is 0 Å². The van der Waals surface area contributed by atoms with Crippen molar-refractivity contribution in [2.24, 2.45) is 0 Å². The van der Waals surface area contributed by atoms with Crippen molar-refractivity contribution >= 4 is 22.0 Å². The average Bonchev–Trinajstić information content (AvgIpc) is 2.28. The summed E-state index contributed by atoms with van der Waals surface area (Å²) < 4.78 is 0. The van der Waals surface area contributed by atoms with Crippen LogP contribution in [0.25, 0.3) is 6.08 Å². The number of allylic oxidation sites excluding steroid dienone is 1. The number of aryl methyl sites for hydroxylation is 1. The normalized spacial score (nSPS) is 11.1. The first-order chi connectivity index (χ1) is 7.36. The highest BCUT2D eigenvalue weighted by molar-refractivity contribution is 9.09. The van der Waals surface area contributed by atoms with Crippen LogP contribution >= 0.6 is 15.9 Å². The maximum atomic E-state index is 3.41. The van der Waals surface area contributed by atoms with Crippen molar-refractivity contribution in [3.8, 4) is 0 Å². The summed E-state index contributed by atoms with van der Waals surface area (Å²) in [6.07, 6.45) is 9.26. The molecule has 1 rings (SSSR count). The van der Waals surface area contributed by atoms with Gasteiger partial charge in [-0.3, -0.25) is 0 Å². The number of halogens is 1. The molecule has 1 aromatic carbocycles. The SMILES string of the molecule is CCCCc1ccc(/C=C/CCBr)cc1. The minimum Gasteiger partial charge on any atom is -0.0925 e. The number of unbranched alkanes of at least 4 members (excludes halogenated alkanes) is 1. The van der Waals surface area contributed by atoms with E-state index in [1.165, 1.54) is 30.4 Å². The third-order valence-electron chi connectivity index (χ3n) is 2.38. The molecule has 0 radical (unpaired) electrons. The molecule has 0 heterocycles. The molecule has 0 fully saturated rings. The summed E-state index contributed by atoms with van der Waals surface area (Å²) in [5, 5.41) is 1.04. The Morgan fingerprint density at radius 3 is 2.53 bits per heavy atom. The molecule has 0 saturated heterocycles. The lowest BCUT2D eigenvalue weighted by atomic mass is 10.1. The Balaban J connectivity index is 2.48. The van der Waals surface area contributed by atoms with E-state index >= 15 is 0 Å². The first kappa shape index (κ1) is 12.5. The zero-order valence-corrected chi connectivity index (χ0v) is 11.0. The van der Waals surface area contributed by atoms with Crippen molar-refractivity contribution in [2.45, 2.75) is 32.6 Å². The van der Waals surface area contributed by atoms with Crippen molar-refractivity contribution in [3.05, 3.63) is 41.5 Å². The average molecular weight is 267 g/mol. The lowest BCUT2D eigenvalue weighted by molar-refractivity contribution is 0.795. The molecule has 0 atom stereocenters. The Morgan fingerprint density at radius 1 is 1.20 bits per heavy atom. The summed E-state index contributed by atoms with van der Waals surface area (Å²) >= 11 is 3.41. The van der Waals surface area contributed by atoms with Gasteiger partial charge in [0.1, 0.15) is 0 Å². The number of alkyl halides is 1. The Hall–Kier alpha value is -0.560. The first-order valence-corrected chi connectivity index (χ1v) is 6.80. The van der Waals surface area contributed by atoms with Crippen LogP contribution in [-0.4, -0.2) is 5.33 Å². The molecule has 0 aliphatic heterocycles. The third-order valence-corrected chi connectivity index (χ3v) is 2.84. The largest absolute Gasteiger partial charge is 0.0925 e. The number of rotatable bonds is 6. The van der Waals surface area contributed by atoms with E-state index in [0.717, 1.165) is 11.8 Å².